The number of benzene rings is 2. The molecule has 0 bridgehead atoms. The highest BCUT2D eigenvalue weighted by molar-refractivity contribution is 6.08. The Kier molecular flexibility index (Phi) is 6.54. The van der Waals surface area contributed by atoms with E-state index in [0.29, 0.717) is 17.9 Å². The molecule has 0 unspecified atom stereocenters. The quantitative estimate of drug-likeness (QED) is 0.245. The molecule has 2 heterocycles. The molecule has 2 aromatic heterocycles. The van der Waals surface area contributed by atoms with Gasteiger partial charge in [-0.05, 0) is 79.3 Å². The van der Waals surface area contributed by atoms with Gasteiger partial charge in [0.2, 0.25) is 0 Å². The van der Waals surface area contributed by atoms with Crippen LogP contribution in [0.2, 0.25) is 0 Å². The highest BCUT2D eigenvalue weighted by Gasteiger charge is 2.10. The van der Waals surface area contributed by atoms with Crippen LogP contribution in [0.5, 0.6) is 5.75 Å². The lowest BCUT2D eigenvalue weighted by Crippen LogP contribution is -1.99. The lowest BCUT2D eigenvalue weighted by Gasteiger charge is -2.10. The normalized spacial score (nSPS) is 11.4. The molecular formula is C27H27N3O3. The van der Waals surface area contributed by atoms with E-state index in [0.717, 1.165) is 46.0 Å². The summed E-state index contributed by atoms with van der Waals surface area (Å²) in [5.41, 5.74) is 12.2. The van der Waals surface area contributed by atoms with Crippen LogP contribution in [0.4, 0.5) is 5.82 Å². The molecule has 0 radical (unpaired) electrons. The fourth-order valence-corrected chi connectivity index (χ4v) is 3.92. The van der Waals surface area contributed by atoms with E-state index < -0.39 is 0 Å². The average molecular weight is 442 g/mol. The van der Waals surface area contributed by atoms with Gasteiger partial charge in [-0.25, -0.2) is 9.78 Å². The summed E-state index contributed by atoms with van der Waals surface area (Å²) in [5.74, 6) is 0.889. The summed E-state index contributed by atoms with van der Waals surface area (Å²) in [4.78, 5) is 20.7. The summed E-state index contributed by atoms with van der Waals surface area (Å²) in [6.45, 7) is 4.22. The molecule has 6 heteroatoms. The maximum Gasteiger partial charge on any atom is 0.330 e. The number of nitrogen functional groups attached to an aromatic ring is 1. The minimum atomic E-state index is -0.371. The predicted octanol–water partition coefficient (Wildman–Crippen LogP) is 5.04. The van der Waals surface area contributed by atoms with Crippen LogP contribution in [0.25, 0.3) is 27.9 Å². The van der Waals surface area contributed by atoms with Crippen molar-refractivity contribution in [3.8, 4) is 5.75 Å². The second-order valence-corrected chi connectivity index (χ2v) is 7.89. The molecule has 2 aromatic carbocycles. The van der Waals surface area contributed by atoms with E-state index >= 15 is 0 Å². The molecule has 0 aliphatic heterocycles. The third kappa shape index (κ3) is 4.95. The Labute approximate surface area is 193 Å². The molecule has 2 N–H and O–H groups in total. The first-order valence-electron chi connectivity index (χ1n) is 10.9. The lowest BCUT2D eigenvalue weighted by atomic mass is 9.99. The van der Waals surface area contributed by atoms with E-state index in [1.807, 2.05) is 30.5 Å². The van der Waals surface area contributed by atoms with Crippen molar-refractivity contribution < 1.29 is 14.3 Å². The van der Waals surface area contributed by atoms with E-state index in [2.05, 4.69) is 35.1 Å². The number of ether oxygens (including phenoxy) is 2. The van der Waals surface area contributed by atoms with Gasteiger partial charge in [-0.3, -0.25) is 4.98 Å². The number of carbonyl (C=O) groups is 1. The summed E-state index contributed by atoms with van der Waals surface area (Å²) in [6, 6.07) is 14.2. The molecule has 4 aromatic rings. The molecule has 0 spiro atoms. The average Bonchev–Trinajstić information content (AvgIpc) is 2.82. The number of hydrogen-bond donors (Lipinski definition) is 1. The summed E-state index contributed by atoms with van der Waals surface area (Å²) < 4.78 is 10.2. The van der Waals surface area contributed by atoms with Gasteiger partial charge in [-0.2, -0.15) is 0 Å². The van der Waals surface area contributed by atoms with Crippen molar-refractivity contribution in [2.24, 2.45) is 0 Å². The second kappa shape index (κ2) is 9.69. The SMILES string of the molecule is CCOC(=O)/C=C/c1ccc2c(c1)nc(N)c1ncc(CCc3ccc(OC)cc3C)cc12. The molecule has 4 rings (SSSR count). The van der Waals surface area contributed by atoms with Crippen LogP contribution in [0.15, 0.2) is 54.7 Å². The van der Waals surface area contributed by atoms with Gasteiger partial charge >= 0.3 is 5.97 Å². The van der Waals surface area contributed by atoms with Gasteiger partial charge in [-0.1, -0.05) is 18.2 Å². The molecule has 0 amide bonds. The maximum atomic E-state index is 11.6. The molecule has 168 valence electrons. The number of pyridine rings is 2. The van der Waals surface area contributed by atoms with Crippen LogP contribution in [-0.4, -0.2) is 29.7 Å². The van der Waals surface area contributed by atoms with Gasteiger partial charge in [0.05, 0.1) is 19.2 Å². The maximum absolute atomic E-state index is 11.6. The first-order valence-corrected chi connectivity index (χ1v) is 10.9. The zero-order valence-corrected chi connectivity index (χ0v) is 19.1. The fraction of sp³-hybridized carbons (Fsp3) is 0.222. The van der Waals surface area contributed by atoms with Crippen LogP contribution in [-0.2, 0) is 22.4 Å². The van der Waals surface area contributed by atoms with Crippen molar-refractivity contribution in [1.29, 1.82) is 0 Å². The molecule has 0 fully saturated rings. The molecule has 33 heavy (non-hydrogen) atoms. The predicted molar refractivity (Wildman–Crippen MR) is 132 cm³/mol. The first-order chi connectivity index (χ1) is 16.0. The van der Waals surface area contributed by atoms with Crippen LogP contribution < -0.4 is 10.5 Å². The lowest BCUT2D eigenvalue weighted by molar-refractivity contribution is -0.137. The van der Waals surface area contributed by atoms with Crippen LogP contribution >= 0.6 is 0 Å². The number of hydrogen-bond acceptors (Lipinski definition) is 6. The van der Waals surface area contributed by atoms with Gasteiger partial charge in [0.1, 0.15) is 11.3 Å². The van der Waals surface area contributed by atoms with Gasteiger partial charge < -0.3 is 15.2 Å². The number of esters is 1. The zero-order valence-electron chi connectivity index (χ0n) is 19.1. The number of nitrogens with two attached hydrogens (primary N) is 1. The number of nitrogens with zero attached hydrogens (tertiary/aromatic N) is 2. The zero-order chi connectivity index (χ0) is 23.4. The smallest absolute Gasteiger partial charge is 0.330 e. The number of rotatable bonds is 7. The van der Waals surface area contributed by atoms with Crippen molar-refractivity contribution in [2.75, 3.05) is 19.5 Å². The first kappa shape index (κ1) is 22.3. The summed E-state index contributed by atoms with van der Waals surface area (Å²) in [6.07, 6.45) is 6.77. The highest BCUT2D eigenvalue weighted by Crippen LogP contribution is 2.29. The molecule has 0 aliphatic carbocycles. The second-order valence-electron chi connectivity index (χ2n) is 7.89. The van der Waals surface area contributed by atoms with E-state index in [4.69, 9.17) is 15.2 Å². The standard InChI is InChI=1S/C27H27N3O3/c1-4-33-25(31)12-7-18-6-11-22-23-14-19(16-29-26(23)27(28)30-24(22)15-18)5-8-20-9-10-21(32-3)13-17(20)2/h6-7,9-16H,4-5,8H2,1-3H3,(H2,28,30)/b12-7+. The third-order valence-electron chi connectivity index (χ3n) is 5.67. The molecule has 0 atom stereocenters. The van der Waals surface area contributed by atoms with Gasteiger partial charge in [0.25, 0.3) is 0 Å². The fourth-order valence-electron chi connectivity index (χ4n) is 3.92. The summed E-state index contributed by atoms with van der Waals surface area (Å²) >= 11 is 0. The van der Waals surface area contributed by atoms with Crippen molar-refractivity contribution in [2.45, 2.75) is 26.7 Å². The van der Waals surface area contributed by atoms with Crippen molar-refractivity contribution in [3.63, 3.8) is 0 Å². The molecule has 0 saturated carbocycles. The summed E-state index contributed by atoms with van der Waals surface area (Å²) in [5, 5.41) is 1.95. The van der Waals surface area contributed by atoms with E-state index in [-0.39, 0.29) is 5.97 Å². The van der Waals surface area contributed by atoms with Crippen LogP contribution in [0.1, 0.15) is 29.2 Å². The highest BCUT2D eigenvalue weighted by atomic mass is 16.5. The van der Waals surface area contributed by atoms with Crippen LogP contribution in [0.3, 0.4) is 0 Å². The number of fused-ring (bicyclic) bond motifs is 3. The minimum Gasteiger partial charge on any atom is -0.497 e. The minimum absolute atomic E-state index is 0.346. The number of anilines is 1. The van der Waals surface area contributed by atoms with E-state index in [1.54, 1.807) is 20.1 Å². The Morgan fingerprint density at radius 2 is 1.94 bits per heavy atom. The Bertz CT molecular complexity index is 1360. The van der Waals surface area contributed by atoms with Gasteiger partial charge in [0.15, 0.2) is 5.82 Å². The van der Waals surface area contributed by atoms with E-state index in [9.17, 15) is 4.79 Å². The Balaban J connectivity index is 1.64. The van der Waals surface area contributed by atoms with Gasteiger partial charge in [0, 0.05) is 23.0 Å². The number of aryl methyl sites for hydroxylation is 3. The Morgan fingerprint density at radius 3 is 2.70 bits per heavy atom. The number of carbonyl (C=O) groups excluding carboxylic acids is 1. The van der Waals surface area contributed by atoms with Crippen molar-refractivity contribution in [3.05, 3.63) is 77.0 Å². The topological polar surface area (TPSA) is 87.3 Å². The molecule has 0 saturated heterocycles. The van der Waals surface area contributed by atoms with E-state index in [1.165, 1.54) is 17.2 Å². The van der Waals surface area contributed by atoms with Crippen LogP contribution in [0, 0.1) is 6.92 Å². The Hall–Kier alpha value is -3.93. The number of methoxy groups -OCH3 is 1. The van der Waals surface area contributed by atoms with Gasteiger partial charge in [-0.15, -0.1) is 0 Å². The Morgan fingerprint density at radius 1 is 1.09 bits per heavy atom. The van der Waals surface area contributed by atoms with Crippen molar-refractivity contribution in [1.82, 2.24) is 9.97 Å². The molecule has 0 aliphatic rings. The largest absolute Gasteiger partial charge is 0.497 e. The monoisotopic (exact) mass is 441 g/mol. The summed E-state index contributed by atoms with van der Waals surface area (Å²) in [7, 11) is 1.68. The third-order valence-corrected chi connectivity index (χ3v) is 5.67. The molecular weight excluding hydrogens is 414 g/mol. The number of aromatic nitrogens is 2. The molecule has 6 nitrogen and oxygen atoms in total. The van der Waals surface area contributed by atoms with Crippen molar-refractivity contribution >= 4 is 39.7 Å².